The Morgan fingerprint density at radius 1 is 1.09 bits per heavy atom. The monoisotopic (exact) mass is 318 g/mol. The Morgan fingerprint density at radius 3 is 2.55 bits per heavy atom. The molecule has 0 aliphatic rings. The van der Waals surface area contributed by atoms with Crippen LogP contribution in [-0.2, 0) is 0 Å². The zero-order chi connectivity index (χ0) is 15.7. The summed E-state index contributed by atoms with van der Waals surface area (Å²) in [6.07, 6.45) is 1.87. The van der Waals surface area contributed by atoms with Gasteiger partial charge in [-0.15, -0.1) is 5.10 Å². The zero-order valence-corrected chi connectivity index (χ0v) is 13.1. The first-order valence-corrected chi connectivity index (χ1v) is 7.55. The van der Waals surface area contributed by atoms with Crippen molar-refractivity contribution in [2.24, 2.45) is 0 Å². The summed E-state index contributed by atoms with van der Waals surface area (Å²) in [6, 6.07) is 5.43. The van der Waals surface area contributed by atoms with Gasteiger partial charge in [0.1, 0.15) is 0 Å². The first kappa shape index (κ1) is 14.4. The lowest BCUT2D eigenvalue weighted by molar-refractivity contribution is 0.355. The molecule has 22 heavy (non-hydrogen) atoms. The van der Waals surface area contributed by atoms with Crippen molar-refractivity contribution in [3.8, 4) is 22.9 Å². The van der Waals surface area contributed by atoms with Gasteiger partial charge in [0, 0.05) is 5.56 Å². The van der Waals surface area contributed by atoms with E-state index in [9.17, 15) is 0 Å². The quantitative estimate of drug-likeness (QED) is 0.722. The molecule has 0 amide bonds. The average molecular weight is 318 g/mol. The second-order valence-corrected chi connectivity index (χ2v) is 5.06. The maximum Gasteiger partial charge on any atom is 0.258 e. The molecule has 114 valence electrons. The van der Waals surface area contributed by atoms with Crippen LogP contribution < -0.4 is 15.2 Å². The molecule has 0 aliphatic carbocycles. The van der Waals surface area contributed by atoms with Crippen LogP contribution in [0, 0.1) is 0 Å². The Bertz CT molecular complexity index is 835. The maximum absolute atomic E-state index is 5.88. The minimum Gasteiger partial charge on any atom is -0.493 e. The molecule has 0 radical (unpaired) electrons. The van der Waals surface area contributed by atoms with E-state index in [4.69, 9.17) is 15.2 Å². The van der Waals surface area contributed by atoms with Crippen LogP contribution in [0.15, 0.2) is 23.4 Å². The van der Waals surface area contributed by atoms with Gasteiger partial charge in [0.15, 0.2) is 22.5 Å². The summed E-state index contributed by atoms with van der Waals surface area (Å²) >= 11 is 1.39. The molecule has 0 bridgehead atoms. The fourth-order valence-electron chi connectivity index (χ4n) is 1.97. The number of nitrogen functional groups attached to an aromatic ring is 1. The summed E-state index contributed by atoms with van der Waals surface area (Å²) in [5.41, 5.74) is 6.65. The van der Waals surface area contributed by atoms with E-state index in [0.717, 1.165) is 5.56 Å². The molecule has 0 unspecified atom stereocenters. The van der Waals surface area contributed by atoms with Crippen molar-refractivity contribution < 1.29 is 9.47 Å². The van der Waals surface area contributed by atoms with E-state index in [1.165, 1.54) is 16.3 Å². The molecule has 2 heterocycles. The summed E-state index contributed by atoms with van der Waals surface area (Å²) in [5.74, 6) is 2.37. The SMILES string of the molecule is COc1ccc(-c2nc3nc(SC)nc(N)n3n2)cc1OC. The van der Waals surface area contributed by atoms with Gasteiger partial charge in [-0.25, -0.2) is 0 Å². The van der Waals surface area contributed by atoms with Crippen molar-refractivity contribution in [1.29, 1.82) is 0 Å². The Labute approximate surface area is 130 Å². The van der Waals surface area contributed by atoms with Crippen molar-refractivity contribution in [2.75, 3.05) is 26.2 Å². The number of rotatable bonds is 4. The number of anilines is 1. The molecule has 0 spiro atoms. The fourth-order valence-corrected chi connectivity index (χ4v) is 2.33. The van der Waals surface area contributed by atoms with Crippen LogP contribution in [0.3, 0.4) is 0 Å². The summed E-state index contributed by atoms with van der Waals surface area (Å²) < 4.78 is 11.9. The van der Waals surface area contributed by atoms with Crippen LogP contribution in [0.2, 0.25) is 0 Å². The van der Waals surface area contributed by atoms with E-state index in [1.807, 2.05) is 12.3 Å². The molecule has 1 aromatic carbocycles. The van der Waals surface area contributed by atoms with Gasteiger partial charge in [-0.2, -0.15) is 19.5 Å². The number of fused-ring (bicyclic) bond motifs is 1. The first-order valence-electron chi connectivity index (χ1n) is 6.33. The Kier molecular flexibility index (Phi) is 3.72. The van der Waals surface area contributed by atoms with Crippen molar-refractivity contribution in [3.05, 3.63) is 18.2 Å². The number of hydrogen-bond donors (Lipinski definition) is 1. The zero-order valence-electron chi connectivity index (χ0n) is 12.3. The highest BCUT2D eigenvalue weighted by atomic mass is 32.2. The van der Waals surface area contributed by atoms with Crippen LogP contribution in [-0.4, -0.2) is 45.0 Å². The predicted molar refractivity (Wildman–Crippen MR) is 83.3 cm³/mol. The summed E-state index contributed by atoms with van der Waals surface area (Å²) in [6.45, 7) is 0. The molecule has 2 N–H and O–H groups in total. The third-order valence-electron chi connectivity index (χ3n) is 3.04. The van der Waals surface area contributed by atoms with E-state index in [-0.39, 0.29) is 5.95 Å². The van der Waals surface area contributed by atoms with Crippen LogP contribution in [0.4, 0.5) is 5.95 Å². The second kappa shape index (κ2) is 5.68. The predicted octanol–water partition coefficient (Wildman–Crippen LogP) is 1.51. The lowest BCUT2D eigenvalue weighted by Gasteiger charge is -2.07. The van der Waals surface area contributed by atoms with Crippen molar-refractivity contribution >= 4 is 23.5 Å². The molecular weight excluding hydrogens is 304 g/mol. The van der Waals surface area contributed by atoms with Gasteiger partial charge in [0.25, 0.3) is 5.78 Å². The topological polar surface area (TPSA) is 100 Å². The highest BCUT2D eigenvalue weighted by Crippen LogP contribution is 2.31. The van der Waals surface area contributed by atoms with Crippen molar-refractivity contribution in [3.63, 3.8) is 0 Å². The molecular formula is C13H14N6O2S. The number of methoxy groups -OCH3 is 2. The smallest absolute Gasteiger partial charge is 0.258 e. The number of nitrogens with zero attached hydrogens (tertiary/aromatic N) is 5. The molecule has 8 nitrogen and oxygen atoms in total. The van der Waals surface area contributed by atoms with E-state index >= 15 is 0 Å². The summed E-state index contributed by atoms with van der Waals surface area (Å²) in [4.78, 5) is 12.8. The molecule has 0 saturated heterocycles. The van der Waals surface area contributed by atoms with Crippen LogP contribution >= 0.6 is 11.8 Å². The molecule has 3 rings (SSSR count). The highest BCUT2D eigenvalue weighted by Gasteiger charge is 2.14. The maximum atomic E-state index is 5.88. The Hall–Kier alpha value is -2.55. The van der Waals surface area contributed by atoms with Gasteiger partial charge in [-0.3, -0.25) is 0 Å². The van der Waals surface area contributed by atoms with Gasteiger partial charge >= 0.3 is 0 Å². The lowest BCUT2D eigenvalue weighted by atomic mass is 10.2. The van der Waals surface area contributed by atoms with Gasteiger partial charge < -0.3 is 15.2 Å². The molecule has 2 aromatic heterocycles. The van der Waals surface area contributed by atoms with Gasteiger partial charge in [0.05, 0.1) is 14.2 Å². The normalized spacial score (nSPS) is 10.9. The lowest BCUT2D eigenvalue weighted by Crippen LogP contribution is -2.04. The standard InChI is InChI=1S/C13H14N6O2S/c1-20-8-5-4-7(6-9(8)21-2)10-15-12-17-13(22-3)16-11(14)19(12)18-10/h4-6H,1-3H3,(H2,14,15,16,17,18). The van der Waals surface area contributed by atoms with Crippen molar-refractivity contribution in [1.82, 2.24) is 24.6 Å². The van der Waals surface area contributed by atoms with E-state index in [1.54, 1.807) is 26.4 Å². The van der Waals surface area contributed by atoms with Gasteiger partial charge in [0.2, 0.25) is 5.95 Å². The molecule has 3 aromatic rings. The van der Waals surface area contributed by atoms with E-state index in [0.29, 0.717) is 28.3 Å². The number of thioether (sulfide) groups is 1. The van der Waals surface area contributed by atoms with E-state index < -0.39 is 0 Å². The van der Waals surface area contributed by atoms with Crippen LogP contribution in [0.25, 0.3) is 17.2 Å². The Morgan fingerprint density at radius 2 is 1.86 bits per heavy atom. The molecule has 0 atom stereocenters. The number of aromatic nitrogens is 5. The van der Waals surface area contributed by atoms with Crippen LogP contribution in [0.5, 0.6) is 11.5 Å². The molecule has 9 heteroatoms. The summed E-state index contributed by atoms with van der Waals surface area (Å²) in [7, 11) is 3.16. The van der Waals surface area contributed by atoms with Gasteiger partial charge in [-0.1, -0.05) is 11.8 Å². The number of benzene rings is 1. The third kappa shape index (κ3) is 2.39. The summed E-state index contributed by atoms with van der Waals surface area (Å²) in [5, 5.41) is 4.89. The minimum atomic E-state index is 0.244. The molecule has 0 saturated carbocycles. The Balaban J connectivity index is 2.12. The van der Waals surface area contributed by atoms with E-state index in [2.05, 4.69) is 20.1 Å². The third-order valence-corrected chi connectivity index (χ3v) is 3.58. The first-order chi connectivity index (χ1) is 10.7. The van der Waals surface area contributed by atoms with Gasteiger partial charge in [-0.05, 0) is 24.5 Å². The fraction of sp³-hybridized carbons (Fsp3) is 0.231. The van der Waals surface area contributed by atoms with Crippen molar-refractivity contribution in [2.45, 2.75) is 5.16 Å². The highest BCUT2D eigenvalue weighted by molar-refractivity contribution is 7.98. The minimum absolute atomic E-state index is 0.244. The number of nitrogens with two attached hydrogens (primary N) is 1. The van der Waals surface area contributed by atoms with Crippen LogP contribution in [0.1, 0.15) is 0 Å². The largest absolute Gasteiger partial charge is 0.493 e. The number of ether oxygens (including phenoxy) is 2. The molecule has 0 aliphatic heterocycles. The average Bonchev–Trinajstić information content (AvgIpc) is 2.98. The molecule has 0 fully saturated rings. The second-order valence-electron chi connectivity index (χ2n) is 4.29. The number of hydrogen-bond acceptors (Lipinski definition) is 8.